The van der Waals surface area contributed by atoms with Gasteiger partial charge in [0.15, 0.2) is 0 Å². The Labute approximate surface area is 161 Å². The van der Waals surface area contributed by atoms with Gasteiger partial charge in [0.2, 0.25) is 11.8 Å². The third-order valence-electron chi connectivity index (χ3n) is 4.73. The number of carbonyl (C=O) groups excluding carboxylic acids is 2. The van der Waals surface area contributed by atoms with E-state index in [1.54, 1.807) is 36.4 Å². The highest BCUT2D eigenvalue weighted by Gasteiger charge is 2.29. The minimum Gasteiger partial charge on any atom is -0.326 e. The van der Waals surface area contributed by atoms with Crippen LogP contribution in [-0.4, -0.2) is 21.4 Å². The average molecular weight is 376 g/mol. The number of rotatable bonds is 5. The Morgan fingerprint density at radius 3 is 2.57 bits per heavy atom. The molecule has 0 aliphatic heterocycles. The zero-order chi connectivity index (χ0) is 19.7. The Hall–Kier alpha value is -3.48. The predicted octanol–water partition coefficient (Wildman–Crippen LogP) is 2.69. The summed E-state index contributed by atoms with van der Waals surface area (Å²) in [5.74, 6) is -0.233. The van der Waals surface area contributed by atoms with Crippen LogP contribution in [0.1, 0.15) is 18.4 Å². The van der Waals surface area contributed by atoms with Crippen molar-refractivity contribution in [1.82, 2.24) is 9.55 Å². The van der Waals surface area contributed by atoms with Gasteiger partial charge in [0.05, 0.1) is 17.2 Å². The molecule has 1 fully saturated rings. The highest BCUT2D eigenvalue weighted by atomic mass is 16.2. The first-order chi connectivity index (χ1) is 13.5. The first kappa shape index (κ1) is 17.9. The van der Waals surface area contributed by atoms with Gasteiger partial charge in [0.1, 0.15) is 6.54 Å². The fourth-order valence-corrected chi connectivity index (χ4v) is 3.07. The topological polar surface area (TPSA) is 93.1 Å². The van der Waals surface area contributed by atoms with Crippen molar-refractivity contribution in [2.75, 3.05) is 10.6 Å². The molecule has 1 aliphatic carbocycles. The zero-order valence-corrected chi connectivity index (χ0v) is 15.4. The van der Waals surface area contributed by atoms with Gasteiger partial charge < -0.3 is 10.6 Å². The van der Waals surface area contributed by atoms with Gasteiger partial charge in [-0.2, -0.15) is 0 Å². The molecule has 2 aromatic carbocycles. The molecule has 0 unspecified atom stereocenters. The van der Waals surface area contributed by atoms with Crippen LogP contribution in [-0.2, 0) is 16.1 Å². The number of benzene rings is 2. The minimum atomic E-state index is -0.346. The molecule has 1 aromatic heterocycles. The van der Waals surface area contributed by atoms with Crippen LogP contribution in [0.2, 0.25) is 0 Å². The van der Waals surface area contributed by atoms with Crippen molar-refractivity contribution >= 4 is 34.1 Å². The molecule has 0 radical (unpaired) electrons. The fourth-order valence-electron chi connectivity index (χ4n) is 3.07. The maximum atomic E-state index is 12.6. The van der Waals surface area contributed by atoms with Crippen LogP contribution >= 0.6 is 0 Å². The van der Waals surface area contributed by atoms with Crippen molar-refractivity contribution in [2.24, 2.45) is 5.92 Å². The van der Waals surface area contributed by atoms with Gasteiger partial charge in [-0.3, -0.25) is 19.0 Å². The molecule has 4 rings (SSSR count). The molecule has 0 saturated heterocycles. The maximum Gasteiger partial charge on any atom is 0.261 e. The van der Waals surface area contributed by atoms with Crippen LogP contribution in [0.25, 0.3) is 10.9 Å². The van der Waals surface area contributed by atoms with Crippen LogP contribution in [0.3, 0.4) is 0 Å². The summed E-state index contributed by atoms with van der Waals surface area (Å²) in [6.07, 6.45) is 3.25. The maximum absolute atomic E-state index is 12.6. The molecule has 142 valence electrons. The number of nitrogens with one attached hydrogen (secondary N) is 2. The minimum absolute atomic E-state index is 0.00700. The Bertz CT molecular complexity index is 1130. The van der Waals surface area contributed by atoms with Crippen LogP contribution in [0, 0.1) is 12.8 Å². The number of anilines is 2. The summed E-state index contributed by atoms with van der Waals surface area (Å²) in [6.45, 7) is 1.75. The molecule has 0 atom stereocenters. The van der Waals surface area contributed by atoms with E-state index in [0.717, 1.165) is 18.4 Å². The van der Waals surface area contributed by atoms with Gasteiger partial charge in [0.25, 0.3) is 5.56 Å². The van der Waals surface area contributed by atoms with Gasteiger partial charge in [-0.25, -0.2) is 4.98 Å². The number of hydrogen-bond acceptors (Lipinski definition) is 4. The molecule has 1 saturated carbocycles. The molecule has 28 heavy (non-hydrogen) atoms. The molecular weight excluding hydrogens is 356 g/mol. The summed E-state index contributed by atoms with van der Waals surface area (Å²) in [4.78, 5) is 41.2. The number of fused-ring (bicyclic) bond motifs is 1. The highest BCUT2D eigenvalue weighted by molar-refractivity contribution is 5.96. The van der Waals surface area contributed by atoms with Crippen molar-refractivity contribution in [3.8, 4) is 0 Å². The van der Waals surface area contributed by atoms with E-state index in [2.05, 4.69) is 15.6 Å². The number of hydrogen-bond donors (Lipinski definition) is 2. The van der Waals surface area contributed by atoms with Crippen molar-refractivity contribution in [1.29, 1.82) is 0 Å². The molecule has 7 nitrogen and oxygen atoms in total. The molecule has 1 heterocycles. The Balaban J connectivity index is 1.47. The summed E-state index contributed by atoms with van der Waals surface area (Å²) in [7, 11) is 0. The third-order valence-corrected chi connectivity index (χ3v) is 4.73. The van der Waals surface area contributed by atoms with Crippen molar-refractivity contribution in [3.05, 3.63) is 64.7 Å². The molecular formula is C21H20N4O3. The van der Waals surface area contributed by atoms with Gasteiger partial charge in [0, 0.05) is 17.3 Å². The van der Waals surface area contributed by atoms with E-state index in [1.807, 2.05) is 13.0 Å². The van der Waals surface area contributed by atoms with Crippen molar-refractivity contribution < 1.29 is 9.59 Å². The lowest BCUT2D eigenvalue weighted by Crippen LogP contribution is -2.28. The number of aryl methyl sites for hydroxylation is 1. The summed E-state index contributed by atoms with van der Waals surface area (Å²) < 4.78 is 1.29. The summed E-state index contributed by atoms with van der Waals surface area (Å²) in [6, 6.07) is 12.4. The van der Waals surface area contributed by atoms with Gasteiger partial charge in [-0.05, 0) is 49.6 Å². The smallest absolute Gasteiger partial charge is 0.261 e. The monoisotopic (exact) mass is 376 g/mol. The normalized spacial score (nSPS) is 13.3. The molecule has 0 bridgehead atoms. The second-order valence-corrected chi connectivity index (χ2v) is 7.04. The second kappa shape index (κ2) is 7.26. The first-order valence-electron chi connectivity index (χ1n) is 9.17. The quantitative estimate of drug-likeness (QED) is 0.716. The van der Waals surface area contributed by atoms with E-state index < -0.39 is 0 Å². The van der Waals surface area contributed by atoms with E-state index >= 15 is 0 Å². The van der Waals surface area contributed by atoms with Crippen LogP contribution in [0.15, 0.2) is 53.6 Å². The summed E-state index contributed by atoms with van der Waals surface area (Å²) in [5, 5.41) is 6.09. The SMILES string of the molecule is Cc1cccc2c(=O)n(CC(=O)Nc3cccc(NC(=O)C4CC4)c3)cnc12. The summed E-state index contributed by atoms with van der Waals surface area (Å²) >= 11 is 0. The molecule has 3 aromatic rings. The van der Waals surface area contributed by atoms with Crippen LogP contribution in [0.5, 0.6) is 0 Å². The number of para-hydroxylation sites is 1. The average Bonchev–Trinajstić information content (AvgIpc) is 3.50. The Morgan fingerprint density at radius 2 is 1.82 bits per heavy atom. The van der Waals surface area contributed by atoms with E-state index in [0.29, 0.717) is 22.3 Å². The largest absolute Gasteiger partial charge is 0.326 e. The lowest BCUT2D eigenvalue weighted by atomic mass is 10.1. The van der Waals surface area contributed by atoms with E-state index in [4.69, 9.17) is 0 Å². The first-order valence-corrected chi connectivity index (χ1v) is 9.17. The zero-order valence-electron chi connectivity index (χ0n) is 15.4. The van der Waals surface area contributed by atoms with Gasteiger partial charge >= 0.3 is 0 Å². The standard InChI is InChI=1S/C21H20N4O3/c1-13-4-2-7-17-19(13)22-12-25(21(17)28)11-18(26)23-15-5-3-6-16(10-15)24-20(27)14-8-9-14/h2-7,10,12,14H,8-9,11H2,1H3,(H,23,26)(H,24,27). The van der Waals surface area contributed by atoms with E-state index in [9.17, 15) is 14.4 Å². The number of amides is 2. The lowest BCUT2D eigenvalue weighted by molar-refractivity contribution is -0.117. The fraction of sp³-hybridized carbons (Fsp3) is 0.238. The van der Waals surface area contributed by atoms with Crippen molar-refractivity contribution in [3.63, 3.8) is 0 Å². The van der Waals surface area contributed by atoms with Crippen molar-refractivity contribution in [2.45, 2.75) is 26.3 Å². The number of nitrogens with zero attached hydrogens (tertiary/aromatic N) is 2. The van der Waals surface area contributed by atoms with E-state index in [1.165, 1.54) is 10.9 Å². The molecule has 2 N–H and O–H groups in total. The van der Waals surface area contributed by atoms with Gasteiger partial charge in [-0.1, -0.05) is 18.2 Å². The van der Waals surface area contributed by atoms with Crippen LogP contribution < -0.4 is 16.2 Å². The predicted molar refractivity (Wildman–Crippen MR) is 107 cm³/mol. The molecule has 7 heteroatoms. The molecule has 0 spiro atoms. The number of aromatic nitrogens is 2. The molecule has 2 amide bonds. The van der Waals surface area contributed by atoms with E-state index in [-0.39, 0.29) is 29.8 Å². The third kappa shape index (κ3) is 3.78. The number of carbonyl (C=O) groups is 2. The lowest BCUT2D eigenvalue weighted by Gasteiger charge is -2.10. The Morgan fingerprint density at radius 1 is 1.11 bits per heavy atom. The Kier molecular flexibility index (Phi) is 4.65. The summed E-state index contributed by atoms with van der Waals surface area (Å²) in [5.41, 5.74) is 2.49. The highest BCUT2D eigenvalue weighted by Crippen LogP contribution is 2.30. The van der Waals surface area contributed by atoms with Gasteiger partial charge in [-0.15, -0.1) is 0 Å². The second-order valence-electron chi connectivity index (χ2n) is 7.04. The molecule has 1 aliphatic rings. The van der Waals surface area contributed by atoms with Crippen LogP contribution in [0.4, 0.5) is 11.4 Å².